The van der Waals surface area contributed by atoms with E-state index < -0.39 is 0 Å². The number of ether oxygens (including phenoxy) is 1. The standard InChI is InChI=1S/C21H26N2O2/c1-4-23-15-18(25-20-8-6-5-7-19(20)23)14-22(3)21(24)13-17-11-9-16(2)10-12-17/h5-12,18H,4,13-15H2,1-3H3/t18-/m1/s1. The highest BCUT2D eigenvalue weighted by Crippen LogP contribution is 2.32. The number of carbonyl (C=O) groups is 1. The molecule has 0 saturated carbocycles. The van der Waals surface area contributed by atoms with Crippen LogP contribution in [0.2, 0.25) is 0 Å². The molecular formula is C21H26N2O2. The minimum atomic E-state index is -0.0122. The van der Waals surface area contributed by atoms with E-state index in [0.29, 0.717) is 13.0 Å². The van der Waals surface area contributed by atoms with Crippen LogP contribution in [-0.2, 0) is 11.2 Å². The first-order valence-electron chi connectivity index (χ1n) is 8.87. The number of likely N-dealkylation sites (N-methyl/N-ethyl adjacent to an activating group) is 2. The summed E-state index contributed by atoms with van der Waals surface area (Å²) in [7, 11) is 1.86. The Morgan fingerprint density at radius 1 is 1.20 bits per heavy atom. The topological polar surface area (TPSA) is 32.8 Å². The Labute approximate surface area is 150 Å². The highest BCUT2D eigenvalue weighted by molar-refractivity contribution is 5.78. The molecule has 0 unspecified atom stereocenters. The quantitative estimate of drug-likeness (QED) is 0.839. The first-order valence-corrected chi connectivity index (χ1v) is 8.87. The minimum absolute atomic E-state index is 0.0122. The number of hydrogen-bond acceptors (Lipinski definition) is 3. The van der Waals surface area contributed by atoms with Crippen molar-refractivity contribution < 1.29 is 9.53 Å². The second kappa shape index (κ2) is 7.60. The molecule has 1 atom stereocenters. The fourth-order valence-corrected chi connectivity index (χ4v) is 3.20. The van der Waals surface area contributed by atoms with Crippen molar-refractivity contribution >= 4 is 11.6 Å². The van der Waals surface area contributed by atoms with Crippen molar-refractivity contribution in [1.82, 2.24) is 4.90 Å². The molecule has 4 nitrogen and oxygen atoms in total. The highest BCUT2D eigenvalue weighted by atomic mass is 16.5. The van der Waals surface area contributed by atoms with Crippen LogP contribution < -0.4 is 9.64 Å². The molecule has 0 radical (unpaired) electrons. The number of nitrogens with zero attached hydrogens (tertiary/aromatic N) is 2. The average Bonchev–Trinajstić information content (AvgIpc) is 2.62. The molecule has 0 aromatic heterocycles. The Kier molecular flexibility index (Phi) is 5.27. The first kappa shape index (κ1) is 17.3. The maximum Gasteiger partial charge on any atom is 0.226 e. The molecule has 2 aromatic rings. The van der Waals surface area contributed by atoms with Gasteiger partial charge in [-0.1, -0.05) is 42.0 Å². The van der Waals surface area contributed by atoms with Gasteiger partial charge in [0.25, 0.3) is 0 Å². The maximum absolute atomic E-state index is 12.5. The summed E-state index contributed by atoms with van der Waals surface area (Å²) < 4.78 is 6.12. The molecule has 0 saturated heterocycles. The van der Waals surface area contributed by atoms with E-state index in [4.69, 9.17) is 4.74 Å². The molecule has 0 spiro atoms. The molecule has 3 rings (SSSR count). The molecule has 1 heterocycles. The maximum atomic E-state index is 12.5. The van der Waals surface area contributed by atoms with Crippen LogP contribution in [0.1, 0.15) is 18.1 Å². The lowest BCUT2D eigenvalue weighted by molar-refractivity contribution is -0.130. The zero-order valence-electron chi connectivity index (χ0n) is 15.2. The number of anilines is 1. The second-order valence-corrected chi connectivity index (χ2v) is 6.68. The molecule has 1 amide bonds. The number of fused-ring (bicyclic) bond motifs is 1. The van der Waals surface area contributed by atoms with Gasteiger partial charge in [0, 0.05) is 13.6 Å². The number of hydrogen-bond donors (Lipinski definition) is 0. The summed E-state index contributed by atoms with van der Waals surface area (Å²) in [6, 6.07) is 16.2. The van der Waals surface area contributed by atoms with Crippen molar-refractivity contribution in [2.45, 2.75) is 26.4 Å². The van der Waals surface area contributed by atoms with Crippen molar-refractivity contribution in [3.8, 4) is 5.75 Å². The second-order valence-electron chi connectivity index (χ2n) is 6.68. The van der Waals surface area contributed by atoms with Gasteiger partial charge in [0.1, 0.15) is 11.9 Å². The Morgan fingerprint density at radius 3 is 2.64 bits per heavy atom. The van der Waals surface area contributed by atoms with E-state index in [1.54, 1.807) is 4.90 Å². The van der Waals surface area contributed by atoms with Crippen molar-refractivity contribution in [2.75, 3.05) is 31.6 Å². The first-order chi connectivity index (χ1) is 12.1. The Bertz CT molecular complexity index is 727. The van der Waals surface area contributed by atoms with Gasteiger partial charge in [-0.25, -0.2) is 0 Å². The van der Waals surface area contributed by atoms with Crippen molar-refractivity contribution in [3.63, 3.8) is 0 Å². The SMILES string of the molecule is CCN1C[C@@H](CN(C)C(=O)Cc2ccc(C)cc2)Oc2ccccc21. The largest absolute Gasteiger partial charge is 0.485 e. The third-order valence-corrected chi connectivity index (χ3v) is 4.68. The third kappa shape index (κ3) is 4.13. The molecule has 132 valence electrons. The van der Waals surface area contributed by atoms with Crippen LogP contribution in [0.15, 0.2) is 48.5 Å². The predicted molar refractivity (Wildman–Crippen MR) is 101 cm³/mol. The fourth-order valence-electron chi connectivity index (χ4n) is 3.20. The van der Waals surface area contributed by atoms with Gasteiger partial charge in [0.2, 0.25) is 5.91 Å². The van der Waals surface area contributed by atoms with E-state index >= 15 is 0 Å². The molecule has 25 heavy (non-hydrogen) atoms. The molecule has 0 bridgehead atoms. The number of benzene rings is 2. The van der Waals surface area contributed by atoms with Gasteiger partial charge in [0.15, 0.2) is 0 Å². The molecular weight excluding hydrogens is 312 g/mol. The van der Waals surface area contributed by atoms with Crippen LogP contribution in [0.4, 0.5) is 5.69 Å². The van der Waals surface area contributed by atoms with Crippen LogP contribution in [0.3, 0.4) is 0 Å². The molecule has 4 heteroatoms. The van der Waals surface area contributed by atoms with E-state index in [0.717, 1.165) is 30.1 Å². The van der Waals surface area contributed by atoms with Crippen LogP contribution in [-0.4, -0.2) is 43.6 Å². The summed E-state index contributed by atoms with van der Waals surface area (Å²) in [6.07, 6.45) is 0.416. The summed E-state index contributed by atoms with van der Waals surface area (Å²) in [5.74, 6) is 1.02. The van der Waals surface area contributed by atoms with Crippen molar-refractivity contribution in [1.29, 1.82) is 0 Å². The molecule has 0 aliphatic carbocycles. The smallest absolute Gasteiger partial charge is 0.226 e. The van der Waals surface area contributed by atoms with E-state index in [-0.39, 0.29) is 12.0 Å². The van der Waals surface area contributed by atoms with Crippen LogP contribution in [0.5, 0.6) is 5.75 Å². The van der Waals surface area contributed by atoms with Gasteiger partial charge >= 0.3 is 0 Å². The number of aryl methyl sites for hydroxylation is 1. The summed E-state index contributed by atoms with van der Waals surface area (Å²) in [5, 5.41) is 0. The Morgan fingerprint density at radius 2 is 1.92 bits per heavy atom. The predicted octanol–water partition coefficient (Wildman–Crippen LogP) is 3.28. The summed E-state index contributed by atoms with van der Waals surface area (Å²) in [4.78, 5) is 16.6. The normalized spacial score (nSPS) is 16.1. The number of rotatable bonds is 5. The van der Waals surface area contributed by atoms with Gasteiger partial charge < -0.3 is 14.5 Å². The van der Waals surface area contributed by atoms with Crippen LogP contribution in [0.25, 0.3) is 0 Å². The third-order valence-electron chi connectivity index (χ3n) is 4.68. The lowest BCUT2D eigenvalue weighted by Crippen LogP contribution is -2.47. The summed E-state index contributed by atoms with van der Waals surface area (Å²) in [5.41, 5.74) is 3.39. The minimum Gasteiger partial charge on any atom is -0.485 e. The summed E-state index contributed by atoms with van der Waals surface area (Å²) >= 11 is 0. The van der Waals surface area contributed by atoms with E-state index in [2.05, 4.69) is 24.8 Å². The molecule has 2 aromatic carbocycles. The van der Waals surface area contributed by atoms with Gasteiger partial charge in [0.05, 0.1) is 25.2 Å². The number of carbonyl (C=O) groups excluding carboxylic acids is 1. The average molecular weight is 338 g/mol. The Balaban J connectivity index is 1.62. The molecule has 1 aliphatic rings. The number of amides is 1. The van der Waals surface area contributed by atoms with Crippen LogP contribution >= 0.6 is 0 Å². The van der Waals surface area contributed by atoms with E-state index in [9.17, 15) is 4.79 Å². The molecule has 1 aliphatic heterocycles. The van der Waals surface area contributed by atoms with Crippen molar-refractivity contribution in [3.05, 3.63) is 59.7 Å². The Hall–Kier alpha value is -2.49. The zero-order chi connectivity index (χ0) is 17.8. The molecule has 0 fully saturated rings. The monoisotopic (exact) mass is 338 g/mol. The number of para-hydroxylation sites is 2. The molecule has 0 N–H and O–H groups in total. The van der Waals surface area contributed by atoms with E-state index in [1.807, 2.05) is 49.5 Å². The lowest BCUT2D eigenvalue weighted by atomic mass is 10.1. The highest BCUT2D eigenvalue weighted by Gasteiger charge is 2.26. The van der Waals surface area contributed by atoms with Crippen LogP contribution in [0, 0.1) is 6.92 Å². The van der Waals surface area contributed by atoms with Gasteiger partial charge in [-0.05, 0) is 31.5 Å². The zero-order valence-corrected chi connectivity index (χ0v) is 15.2. The summed E-state index contributed by atoms with van der Waals surface area (Å²) in [6.45, 7) is 6.52. The van der Waals surface area contributed by atoms with Gasteiger partial charge in [-0.15, -0.1) is 0 Å². The van der Waals surface area contributed by atoms with Crippen molar-refractivity contribution in [2.24, 2.45) is 0 Å². The van der Waals surface area contributed by atoms with Gasteiger partial charge in [-0.3, -0.25) is 4.79 Å². The van der Waals surface area contributed by atoms with Gasteiger partial charge in [-0.2, -0.15) is 0 Å². The van der Waals surface area contributed by atoms with E-state index in [1.165, 1.54) is 5.56 Å². The fraction of sp³-hybridized carbons (Fsp3) is 0.381. The lowest BCUT2D eigenvalue weighted by Gasteiger charge is -2.37.